The summed E-state index contributed by atoms with van der Waals surface area (Å²) < 4.78 is 1.15. The summed E-state index contributed by atoms with van der Waals surface area (Å²) in [4.78, 5) is 0. The Bertz CT molecular complexity index is 304. The second-order valence-electron chi connectivity index (χ2n) is 4.22. The van der Waals surface area contributed by atoms with E-state index in [4.69, 9.17) is 0 Å². The molecule has 3 heteroatoms. The molecule has 1 N–H and O–H groups in total. The Morgan fingerprint density at radius 3 is 2.40 bits per heavy atom. The van der Waals surface area contributed by atoms with Gasteiger partial charge in [0.15, 0.2) is 0 Å². The normalized spacial score (nSPS) is 25.7. The zero-order valence-electron chi connectivity index (χ0n) is 8.92. The Morgan fingerprint density at radius 1 is 1.20 bits per heavy atom. The van der Waals surface area contributed by atoms with E-state index in [9.17, 15) is 0 Å². The Morgan fingerprint density at radius 2 is 1.87 bits per heavy atom. The third kappa shape index (κ3) is 2.96. The molecule has 1 heterocycles. The van der Waals surface area contributed by atoms with E-state index in [2.05, 4.69) is 52.4 Å². The molecule has 0 radical (unpaired) electrons. The third-order valence-corrected chi connectivity index (χ3v) is 3.63. The molecule has 1 aliphatic heterocycles. The van der Waals surface area contributed by atoms with Gasteiger partial charge in [-0.05, 0) is 44.0 Å². The first-order valence-corrected chi connectivity index (χ1v) is 6.01. The predicted octanol–water partition coefficient (Wildman–Crippen LogP) is 3.86. The van der Waals surface area contributed by atoms with Gasteiger partial charge in [-0.25, -0.2) is 0 Å². The second kappa shape index (κ2) is 5.33. The van der Waals surface area contributed by atoms with E-state index < -0.39 is 0 Å². The second-order valence-corrected chi connectivity index (χ2v) is 5.14. The van der Waals surface area contributed by atoms with Crippen molar-refractivity contribution in [2.24, 2.45) is 0 Å². The van der Waals surface area contributed by atoms with Crippen molar-refractivity contribution < 1.29 is 0 Å². The highest BCUT2D eigenvalue weighted by atomic mass is 79.9. The zero-order chi connectivity index (χ0) is 10.0. The molecule has 1 unspecified atom stereocenters. The average molecular weight is 291 g/mol. The molecule has 0 aliphatic carbocycles. The Balaban J connectivity index is 0.00000112. The van der Waals surface area contributed by atoms with Gasteiger partial charge in [-0.2, -0.15) is 0 Å². The van der Waals surface area contributed by atoms with Crippen LogP contribution in [0.2, 0.25) is 0 Å². The molecular formula is C12H17BrClN. The first-order chi connectivity index (χ1) is 6.71. The number of hydrogen-bond donors (Lipinski definition) is 1. The summed E-state index contributed by atoms with van der Waals surface area (Å²) >= 11 is 3.47. The lowest BCUT2D eigenvalue weighted by atomic mass is 9.84. The van der Waals surface area contributed by atoms with Crippen LogP contribution in [0, 0.1) is 0 Å². The summed E-state index contributed by atoms with van der Waals surface area (Å²) in [6.45, 7) is 3.45. The minimum Gasteiger partial charge on any atom is -0.308 e. The number of rotatable bonds is 1. The SMILES string of the molecule is CC1(c2ccc(Br)cc2)CCCCN1.Cl. The van der Waals surface area contributed by atoms with Crippen molar-refractivity contribution >= 4 is 28.3 Å². The van der Waals surface area contributed by atoms with Crippen LogP contribution in [0.4, 0.5) is 0 Å². The fourth-order valence-corrected chi connectivity index (χ4v) is 2.38. The lowest BCUT2D eigenvalue weighted by molar-refractivity contribution is 0.283. The summed E-state index contributed by atoms with van der Waals surface area (Å²) in [5, 5.41) is 3.62. The highest BCUT2D eigenvalue weighted by Gasteiger charge is 2.27. The van der Waals surface area contributed by atoms with Crippen molar-refractivity contribution in [1.82, 2.24) is 5.32 Å². The predicted molar refractivity (Wildman–Crippen MR) is 70.6 cm³/mol. The molecule has 0 spiro atoms. The average Bonchev–Trinajstić information content (AvgIpc) is 2.19. The number of hydrogen-bond acceptors (Lipinski definition) is 1. The Labute approximate surface area is 106 Å². The van der Waals surface area contributed by atoms with Gasteiger partial charge < -0.3 is 5.32 Å². The fourth-order valence-electron chi connectivity index (χ4n) is 2.12. The molecule has 1 fully saturated rings. The van der Waals surface area contributed by atoms with Gasteiger partial charge in [-0.3, -0.25) is 0 Å². The molecule has 0 saturated carbocycles. The van der Waals surface area contributed by atoms with E-state index in [1.165, 1.54) is 24.8 Å². The monoisotopic (exact) mass is 289 g/mol. The lowest BCUT2D eigenvalue weighted by Gasteiger charge is -2.35. The van der Waals surface area contributed by atoms with Gasteiger partial charge in [0.1, 0.15) is 0 Å². The molecule has 1 saturated heterocycles. The van der Waals surface area contributed by atoms with Crippen LogP contribution < -0.4 is 5.32 Å². The van der Waals surface area contributed by atoms with Crippen molar-refractivity contribution in [2.75, 3.05) is 6.54 Å². The van der Waals surface area contributed by atoms with E-state index in [0.29, 0.717) is 0 Å². The Hall–Kier alpha value is -0.0500. The maximum atomic E-state index is 3.62. The standard InChI is InChI=1S/C12H16BrN.ClH/c1-12(8-2-3-9-14-12)10-4-6-11(13)7-5-10;/h4-7,14H,2-3,8-9H2,1H3;1H. The van der Waals surface area contributed by atoms with Gasteiger partial charge in [-0.1, -0.05) is 34.5 Å². The van der Waals surface area contributed by atoms with Crippen LogP contribution in [0.25, 0.3) is 0 Å². The van der Waals surface area contributed by atoms with Crippen LogP contribution in [0.3, 0.4) is 0 Å². The minimum atomic E-state index is 0. The van der Waals surface area contributed by atoms with Gasteiger partial charge in [-0.15, -0.1) is 12.4 Å². The number of piperidine rings is 1. The van der Waals surface area contributed by atoms with E-state index in [1.807, 2.05) is 0 Å². The van der Waals surface area contributed by atoms with Crippen LogP contribution >= 0.6 is 28.3 Å². The van der Waals surface area contributed by atoms with Crippen LogP contribution in [0.5, 0.6) is 0 Å². The van der Waals surface area contributed by atoms with Crippen LogP contribution in [0.1, 0.15) is 31.7 Å². The maximum Gasteiger partial charge on any atom is 0.0406 e. The first-order valence-electron chi connectivity index (χ1n) is 5.22. The van der Waals surface area contributed by atoms with Crippen molar-refractivity contribution in [3.05, 3.63) is 34.3 Å². The number of nitrogens with one attached hydrogen (secondary N) is 1. The highest BCUT2D eigenvalue weighted by Crippen LogP contribution is 2.30. The minimum absolute atomic E-state index is 0. The lowest BCUT2D eigenvalue weighted by Crippen LogP contribution is -2.43. The summed E-state index contributed by atoms with van der Waals surface area (Å²) in [6, 6.07) is 8.67. The molecule has 0 bridgehead atoms. The summed E-state index contributed by atoms with van der Waals surface area (Å²) in [5.74, 6) is 0. The molecule has 84 valence electrons. The third-order valence-electron chi connectivity index (χ3n) is 3.10. The molecule has 1 atom stereocenters. The maximum absolute atomic E-state index is 3.62. The van der Waals surface area contributed by atoms with E-state index in [0.717, 1.165) is 11.0 Å². The van der Waals surface area contributed by atoms with Crippen molar-refractivity contribution in [3.63, 3.8) is 0 Å². The molecule has 1 nitrogen and oxygen atoms in total. The van der Waals surface area contributed by atoms with Gasteiger partial charge in [0.25, 0.3) is 0 Å². The van der Waals surface area contributed by atoms with Gasteiger partial charge >= 0.3 is 0 Å². The van der Waals surface area contributed by atoms with Gasteiger partial charge in [0, 0.05) is 10.0 Å². The molecule has 1 aromatic rings. The van der Waals surface area contributed by atoms with Gasteiger partial charge in [0.2, 0.25) is 0 Å². The summed E-state index contributed by atoms with van der Waals surface area (Å²) in [5.41, 5.74) is 1.60. The summed E-state index contributed by atoms with van der Waals surface area (Å²) in [7, 11) is 0. The molecule has 0 amide bonds. The van der Waals surface area contributed by atoms with Crippen LogP contribution in [-0.4, -0.2) is 6.54 Å². The molecule has 2 rings (SSSR count). The molecule has 1 aliphatic rings. The fraction of sp³-hybridized carbons (Fsp3) is 0.500. The summed E-state index contributed by atoms with van der Waals surface area (Å²) in [6.07, 6.45) is 3.89. The van der Waals surface area contributed by atoms with E-state index >= 15 is 0 Å². The number of benzene rings is 1. The van der Waals surface area contributed by atoms with E-state index in [-0.39, 0.29) is 17.9 Å². The molecule has 1 aromatic carbocycles. The van der Waals surface area contributed by atoms with Gasteiger partial charge in [0.05, 0.1) is 0 Å². The largest absolute Gasteiger partial charge is 0.308 e. The molecule has 0 aromatic heterocycles. The quantitative estimate of drug-likeness (QED) is 0.828. The van der Waals surface area contributed by atoms with Crippen LogP contribution in [-0.2, 0) is 5.54 Å². The van der Waals surface area contributed by atoms with Crippen molar-refractivity contribution in [3.8, 4) is 0 Å². The van der Waals surface area contributed by atoms with Crippen LogP contribution in [0.15, 0.2) is 28.7 Å². The Kier molecular flexibility index (Phi) is 4.63. The molecular weight excluding hydrogens is 273 g/mol. The highest BCUT2D eigenvalue weighted by molar-refractivity contribution is 9.10. The van der Waals surface area contributed by atoms with E-state index in [1.54, 1.807) is 0 Å². The number of halogens is 2. The van der Waals surface area contributed by atoms with Crippen molar-refractivity contribution in [2.45, 2.75) is 31.7 Å². The topological polar surface area (TPSA) is 12.0 Å². The van der Waals surface area contributed by atoms with Crippen molar-refractivity contribution in [1.29, 1.82) is 0 Å². The smallest absolute Gasteiger partial charge is 0.0406 e. The first kappa shape index (κ1) is 13.0. The molecule has 15 heavy (non-hydrogen) atoms. The zero-order valence-corrected chi connectivity index (χ0v) is 11.3.